The Bertz CT molecular complexity index is 987. The van der Waals surface area contributed by atoms with Crippen LogP contribution < -0.4 is 0 Å². The average molecular weight is 405 g/mol. The highest BCUT2D eigenvalue weighted by atomic mass is 35.5. The van der Waals surface area contributed by atoms with Gasteiger partial charge in [-0.15, -0.1) is 24.8 Å². The van der Waals surface area contributed by atoms with Crippen LogP contribution in [0, 0.1) is 0 Å². The highest BCUT2D eigenvalue weighted by molar-refractivity contribution is 5.86. The molecule has 0 saturated heterocycles. The summed E-state index contributed by atoms with van der Waals surface area (Å²) in [6, 6.07) is 17.3. The number of likely N-dealkylation sites (N-methyl/N-ethyl adjacent to an activating group) is 1. The molecule has 4 rings (SSSR count). The van der Waals surface area contributed by atoms with Gasteiger partial charge in [-0.1, -0.05) is 50.2 Å². The minimum absolute atomic E-state index is 0. The fourth-order valence-electron chi connectivity index (χ4n) is 3.55. The van der Waals surface area contributed by atoms with E-state index in [1.807, 2.05) is 12.4 Å². The molecule has 2 aromatic heterocycles. The Labute approximate surface area is 172 Å². The maximum absolute atomic E-state index is 4.60. The lowest BCUT2D eigenvalue weighted by Crippen LogP contribution is -2.27. The van der Waals surface area contributed by atoms with Crippen LogP contribution in [0.15, 0.2) is 60.9 Å². The largest absolute Gasteiger partial charge is 0.308 e. The first-order valence-corrected chi connectivity index (χ1v) is 9.05. The van der Waals surface area contributed by atoms with Crippen molar-refractivity contribution in [1.29, 1.82) is 0 Å². The molecule has 0 atom stereocenters. The second-order valence-corrected chi connectivity index (χ2v) is 6.35. The molecular weight excluding hydrogens is 379 g/mol. The van der Waals surface area contributed by atoms with Crippen LogP contribution in [0.1, 0.15) is 13.8 Å². The van der Waals surface area contributed by atoms with E-state index in [1.165, 1.54) is 22.2 Å². The van der Waals surface area contributed by atoms with Crippen LogP contribution in [0.25, 0.3) is 27.9 Å². The van der Waals surface area contributed by atoms with Crippen LogP contribution in [0.2, 0.25) is 0 Å². The van der Waals surface area contributed by atoms with Crippen LogP contribution in [0.5, 0.6) is 0 Å². The summed E-state index contributed by atoms with van der Waals surface area (Å²) in [4.78, 5) is 7.05. The van der Waals surface area contributed by atoms with E-state index in [1.54, 1.807) is 0 Å². The van der Waals surface area contributed by atoms with Crippen LogP contribution in [0.3, 0.4) is 0 Å². The predicted octanol–water partition coefficient (Wildman–Crippen LogP) is 5.14. The van der Waals surface area contributed by atoms with E-state index >= 15 is 0 Å². The van der Waals surface area contributed by atoms with Gasteiger partial charge in [0.15, 0.2) is 0 Å². The van der Waals surface area contributed by atoms with Crippen molar-refractivity contribution in [2.45, 2.75) is 20.4 Å². The number of fused-ring (bicyclic) bond motifs is 3. The van der Waals surface area contributed by atoms with Crippen LogP contribution in [-0.4, -0.2) is 38.5 Å². The van der Waals surface area contributed by atoms with E-state index in [0.29, 0.717) is 0 Å². The lowest BCUT2D eigenvalue weighted by Gasteiger charge is -2.18. The Morgan fingerprint density at radius 3 is 2.33 bits per heavy atom. The minimum Gasteiger partial charge on any atom is -0.308 e. The standard InChI is InChI=1S/C21H24N4.2ClH/c1-3-23(4-2)14-15-25-20-16-18(17-8-6-5-7-9-17)10-11-19(20)24-13-12-22-21(24)25;;/h5-13,16H,3-4,14-15H2,1-2H3;2*1H. The predicted molar refractivity (Wildman–Crippen MR) is 118 cm³/mol. The second-order valence-electron chi connectivity index (χ2n) is 6.35. The molecule has 2 heterocycles. The zero-order valence-electron chi connectivity index (χ0n) is 15.7. The first kappa shape index (κ1) is 21.3. The van der Waals surface area contributed by atoms with Crippen LogP contribution in [0.4, 0.5) is 0 Å². The van der Waals surface area contributed by atoms with E-state index in [-0.39, 0.29) is 24.8 Å². The van der Waals surface area contributed by atoms with Crippen molar-refractivity contribution < 1.29 is 0 Å². The zero-order valence-corrected chi connectivity index (χ0v) is 17.3. The Hall–Kier alpha value is -2.01. The lowest BCUT2D eigenvalue weighted by atomic mass is 10.1. The molecule has 0 unspecified atom stereocenters. The Morgan fingerprint density at radius 2 is 1.63 bits per heavy atom. The molecule has 4 aromatic rings. The van der Waals surface area contributed by atoms with Crippen molar-refractivity contribution in [2.75, 3.05) is 19.6 Å². The Morgan fingerprint density at radius 1 is 0.889 bits per heavy atom. The van der Waals surface area contributed by atoms with Crippen molar-refractivity contribution in [3.63, 3.8) is 0 Å². The van der Waals surface area contributed by atoms with Gasteiger partial charge >= 0.3 is 0 Å². The Balaban J connectivity index is 0.00000131. The van der Waals surface area contributed by atoms with E-state index in [4.69, 9.17) is 0 Å². The van der Waals surface area contributed by atoms with Crippen LogP contribution >= 0.6 is 24.8 Å². The molecule has 4 nitrogen and oxygen atoms in total. The quantitative estimate of drug-likeness (QED) is 0.444. The highest BCUT2D eigenvalue weighted by Crippen LogP contribution is 2.27. The van der Waals surface area contributed by atoms with E-state index < -0.39 is 0 Å². The van der Waals surface area contributed by atoms with E-state index in [0.717, 1.165) is 32.0 Å². The smallest absolute Gasteiger partial charge is 0.214 e. The normalized spacial score (nSPS) is 10.9. The monoisotopic (exact) mass is 404 g/mol. The molecule has 0 fully saturated rings. The lowest BCUT2D eigenvalue weighted by molar-refractivity contribution is 0.293. The number of halogens is 2. The fraction of sp³-hybridized carbons (Fsp3) is 0.286. The van der Waals surface area contributed by atoms with Crippen molar-refractivity contribution in [3.05, 3.63) is 60.9 Å². The van der Waals surface area contributed by atoms with Gasteiger partial charge in [0.2, 0.25) is 5.78 Å². The van der Waals surface area contributed by atoms with Crippen molar-refractivity contribution in [2.24, 2.45) is 0 Å². The van der Waals surface area contributed by atoms with Gasteiger partial charge in [-0.2, -0.15) is 0 Å². The molecule has 6 heteroatoms. The summed E-state index contributed by atoms with van der Waals surface area (Å²) in [5, 5.41) is 0. The van der Waals surface area contributed by atoms with Crippen molar-refractivity contribution in [3.8, 4) is 11.1 Å². The van der Waals surface area contributed by atoms with Gasteiger partial charge in [0, 0.05) is 25.5 Å². The summed E-state index contributed by atoms with van der Waals surface area (Å²) < 4.78 is 4.53. The number of imidazole rings is 2. The van der Waals surface area contributed by atoms with Gasteiger partial charge < -0.3 is 9.47 Å². The molecule has 0 radical (unpaired) electrons. The minimum atomic E-state index is 0. The molecule has 0 amide bonds. The summed E-state index contributed by atoms with van der Waals surface area (Å²) in [7, 11) is 0. The number of nitrogens with zero attached hydrogens (tertiary/aromatic N) is 4. The molecule has 0 bridgehead atoms. The number of benzene rings is 2. The van der Waals surface area contributed by atoms with Crippen molar-refractivity contribution in [1.82, 2.24) is 18.9 Å². The van der Waals surface area contributed by atoms with Gasteiger partial charge in [0.05, 0.1) is 11.0 Å². The van der Waals surface area contributed by atoms with Gasteiger partial charge in [0.25, 0.3) is 0 Å². The van der Waals surface area contributed by atoms with E-state index in [2.05, 4.69) is 81.2 Å². The van der Waals surface area contributed by atoms with Crippen LogP contribution in [-0.2, 0) is 6.54 Å². The SMILES string of the molecule is CCN(CC)CCn1c2cc(-c3ccccc3)ccc2n2ccnc12.Cl.Cl. The number of aromatic nitrogens is 3. The summed E-state index contributed by atoms with van der Waals surface area (Å²) in [5.41, 5.74) is 4.96. The first-order chi connectivity index (χ1) is 12.3. The summed E-state index contributed by atoms with van der Waals surface area (Å²) in [5.74, 6) is 1.02. The maximum atomic E-state index is 4.60. The van der Waals surface area contributed by atoms with Crippen molar-refractivity contribution >= 4 is 41.6 Å². The molecule has 0 saturated carbocycles. The fourth-order valence-corrected chi connectivity index (χ4v) is 3.55. The topological polar surface area (TPSA) is 25.5 Å². The summed E-state index contributed by atoms with van der Waals surface area (Å²) >= 11 is 0. The number of hydrogen-bond acceptors (Lipinski definition) is 2. The molecule has 0 aliphatic rings. The maximum Gasteiger partial charge on any atom is 0.214 e. The van der Waals surface area contributed by atoms with Gasteiger partial charge in [0.1, 0.15) is 0 Å². The third kappa shape index (κ3) is 3.98. The molecular formula is C21H26Cl2N4. The Kier molecular flexibility index (Phi) is 7.31. The molecule has 144 valence electrons. The molecule has 2 aromatic carbocycles. The number of hydrogen-bond donors (Lipinski definition) is 0. The van der Waals surface area contributed by atoms with Gasteiger partial charge in [-0.25, -0.2) is 4.98 Å². The third-order valence-electron chi connectivity index (χ3n) is 5.03. The highest BCUT2D eigenvalue weighted by Gasteiger charge is 2.13. The van der Waals surface area contributed by atoms with E-state index in [9.17, 15) is 0 Å². The zero-order chi connectivity index (χ0) is 17.2. The van der Waals surface area contributed by atoms with Gasteiger partial charge in [-0.05, 0) is 36.3 Å². The van der Waals surface area contributed by atoms with Gasteiger partial charge in [-0.3, -0.25) is 4.40 Å². The molecule has 0 spiro atoms. The average Bonchev–Trinajstić information content (AvgIpc) is 3.24. The summed E-state index contributed by atoms with van der Waals surface area (Å²) in [6.07, 6.45) is 3.93. The molecule has 0 aliphatic heterocycles. The molecule has 27 heavy (non-hydrogen) atoms. The first-order valence-electron chi connectivity index (χ1n) is 9.05. The summed E-state index contributed by atoms with van der Waals surface area (Å²) in [6.45, 7) is 8.58. The number of rotatable bonds is 6. The third-order valence-corrected chi connectivity index (χ3v) is 5.03. The molecule has 0 N–H and O–H groups in total. The second kappa shape index (κ2) is 9.27. The molecule has 0 aliphatic carbocycles.